The fourth-order valence-corrected chi connectivity index (χ4v) is 3.58. The predicted octanol–water partition coefficient (Wildman–Crippen LogP) is 4.06. The maximum absolute atomic E-state index is 13.1. The second kappa shape index (κ2) is 6.85. The quantitative estimate of drug-likeness (QED) is 0.866. The summed E-state index contributed by atoms with van der Waals surface area (Å²) in [6, 6.07) is 8.35. The van der Waals surface area contributed by atoms with Crippen LogP contribution in [0, 0.1) is 11.2 Å². The van der Waals surface area contributed by atoms with Gasteiger partial charge in [-0.1, -0.05) is 30.2 Å². The van der Waals surface area contributed by atoms with Gasteiger partial charge in [0.1, 0.15) is 5.82 Å². The molecule has 0 radical (unpaired) electrons. The third kappa shape index (κ3) is 3.65. The summed E-state index contributed by atoms with van der Waals surface area (Å²) in [7, 11) is 0. The largest absolute Gasteiger partial charge is 0.392 e. The molecule has 0 saturated heterocycles. The number of anilines is 1. The second-order valence-corrected chi connectivity index (χ2v) is 6.69. The van der Waals surface area contributed by atoms with Crippen molar-refractivity contribution in [2.75, 3.05) is 11.9 Å². The van der Waals surface area contributed by atoms with E-state index in [1.807, 2.05) is 6.07 Å². The molecule has 1 saturated carbocycles. The Kier molecular flexibility index (Phi) is 4.83. The van der Waals surface area contributed by atoms with Crippen LogP contribution in [0.4, 0.5) is 10.1 Å². The standard InChI is InChI=1S/C18H20ClFN2O/c19-15-11-21-9-7-16(15)22-12-18(8-1-2-17(18)23)10-13-3-5-14(20)6-4-13/h3-7,9,11,17,23H,1-2,8,10,12H2,(H,21,22). The zero-order chi connectivity index (χ0) is 16.3. The highest BCUT2D eigenvalue weighted by Crippen LogP contribution is 2.41. The van der Waals surface area contributed by atoms with Crippen LogP contribution in [0.1, 0.15) is 24.8 Å². The molecule has 2 N–H and O–H groups in total. The van der Waals surface area contributed by atoms with Gasteiger partial charge in [0.15, 0.2) is 0 Å². The van der Waals surface area contributed by atoms with Gasteiger partial charge < -0.3 is 10.4 Å². The number of aliphatic hydroxyl groups is 1. The number of nitrogens with zero attached hydrogens (tertiary/aromatic N) is 1. The van der Waals surface area contributed by atoms with E-state index in [-0.39, 0.29) is 17.3 Å². The topological polar surface area (TPSA) is 45.1 Å². The SMILES string of the molecule is OC1CCCC1(CNc1ccncc1Cl)Cc1ccc(F)cc1. The third-order valence-electron chi connectivity index (χ3n) is 4.73. The number of nitrogens with one attached hydrogen (secondary N) is 1. The fraction of sp³-hybridized carbons (Fsp3) is 0.389. The number of rotatable bonds is 5. The summed E-state index contributed by atoms with van der Waals surface area (Å²) >= 11 is 6.14. The van der Waals surface area contributed by atoms with Gasteiger partial charge in [0.2, 0.25) is 0 Å². The Hall–Kier alpha value is -1.65. The molecule has 1 aliphatic carbocycles. The van der Waals surface area contributed by atoms with Crippen LogP contribution in [0.5, 0.6) is 0 Å². The molecule has 23 heavy (non-hydrogen) atoms. The summed E-state index contributed by atoms with van der Waals surface area (Å²) in [5.41, 5.74) is 1.60. The van der Waals surface area contributed by atoms with E-state index < -0.39 is 0 Å². The third-order valence-corrected chi connectivity index (χ3v) is 5.03. The van der Waals surface area contributed by atoms with Crippen LogP contribution < -0.4 is 5.32 Å². The minimum absolute atomic E-state index is 0.239. The minimum atomic E-state index is -0.374. The van der Waals surface area contributed by atoms with Crippen LogP contribution >= 0.6 is 11.6 Å². The molecule has 3 nitrogen and oxygen atoms in total. The molecule has 3 rings (SSSR count). The Morgan fingerprint density at radius 3 is 2.74 bits per heavy atom. The molecule has 0 amide bonds. The Morgan fingerprint density at radius 2 is 2.09 bits per heavy atom. The maximum Gasteiger partial charge on any atom is 0.123 e. The van der Waals surface area contributed by atoms with Gasteiger partial charge in [-0.15, -0.1) is 0 Å². The molecule has 1 aromatic carbocycles. The summed E-state index contributed by atoms with van der Waals surface area (Å²) in [6.45, 7) is 0.620. The van der Waals surface area contributed by atoms with Crippen molar-refractivity contribution >= 4 is 17.3 Å². The second-order valence-electron chi connectivity index (χ2n) is 6.28. The van der Waals surface area contributed by atoms with Gasteiger partial charge >= 0.3 is 0 Å². The van der Waals surface area contributed by atoms with Crippen LogP contribution in [0.3, 0.4) is 0 Å². The van der Waals surface area contributed by atoms with Crippen molar-refractivity contribution in [1.29, 1.82) is 0 Å². The predicted molar refractivity (Wildman–Crippen MR) is 90.1 cm³/mol. The van der Waals surface area contributed by atoms with E-state index in [4.69, 9.17) is 11.6 Å². The molecule has 2 aromatic rings. The lowest BCUT2D eigenvalue weighted by Gasteiger charge is -2.33. The minimum Gasteiger partial charge on any atom is -0.392 e. The molecule has 1 aromatic heterocycles. The molecular formula is C18H20ClFN2O. The molecule has 2 unspecified atom stereocenters. The zero-order valence-electron chi connectivity index (χ0n) is 12.8. The van der Waals surface area contributed by atoms with E-state index >= 15 is 0 Å². The Balaban J connectivity index is 1.77. The van der Waals surface area contributed by atoms with Gasteiger partial charge in [-0.2, -0.15) is 0 Å². The van der Waals surface area contributed by atoms with Crippen LogP contribution in [0.25, 0.3) is 0 Å². The van der Waals surface area contributed by atoms with Crippen molar-refractivity contribution in [2.24, 2.45) is 5.41 Å². The Bertz CT molecular complexity index is 664. The Labute approximate surface area is 140 Å². The number of hydrogen-bond acceptors (Lipinski definition) is 3. The summed E-state index contributed by atoms with van der Waals surface area (Å²) in [5, 5.41) is 14.5. The fourth-order valence-electron chi connectivity index (χ4n) is 3.39. The smallest absolute Gasteiger partial charge is 0.123 e. The highest BCUT2D eigenvalue weighted by molar-refractivity contribution is 6.33. The maximum atomic E-state index is 13.1. The first-order valence-electron chi connectivity index (χ1n) is 7.85. The molecule has 0 aliphatic heterocycles. The molecular weight excluding hydrogens is 315 g/mol. The number of hydrogen-bond donors (Lipinski definition) is 2. The molecule has 0 bridgehead atoms. The van der Waals surface area contributed by atoms with Crippen molar-refractivity contribution in [2.45, 2.75) is 31.8 Å². The average molecular weight is 335 g/mol. The lowest BCUT2D eigenvalue weighted by Crippen LogP contribution is -2.39. The highest BCUT2D eigenvalue weighted by Gasteiger charge is 2.41. The monoisotopic (exact) mass is 334 g/mol. The van der Waals surface area contributed by atoms with Gasteiger partial charge in [-0.05, 0) is 43.0 Å². The van der Waals surface area contributed by atoms with E-state index in [1.54, 1.807) is 24.5 Å². The van der Waals surface area contributed by atoms with E-state index in [0.717, 1.165) is 30.5 Å². The van der Waals surface area contributed by atoms with Crippen molar-refractivity contribution in [3.63, 3.8) is 0 Å². The van der Waals surface area contributed by atoms with Crippen molar-refractivity contribution in [1.82, 2.24) is 4.98 Å². The number of pyridine rings is 1. The van der Waals surface area contributed by atoms with Gasteiger partial charge in [-0.25, -0.2) is 4.39 Å². The Morgan fingerprint density at radius 1 is 1.30 bits per heavy atom. The van der Waals surface area contributed by atoms with Crippen LogP contribution in [-0.4, -0.2) is 22.7 Å². The molecule has 0 spiro atoms. The van der Waals surface area contributed by atoms with E-state index in [9.17, 15) is 9.50 Å². The average Bonchev–Trinajstić information content (AvgIpc) is 2.90. The number of aliphatic hydroxyl groups excluding tert-OH is 1. The van der Waals surface area contributed by atoms with Gasteiger partial charge in [-0.3, -0.25) is 4.98 Å². The number of halogens is 2. The first-order chi connectivity index (χ1) is 11.1. The van der Waals surface area contributed by atoms with Crippen molar-refractivity contribution in [3.05, 3.63) is 59.1 Å². The molecule has 2 atom stereocenters. The first-order valence-corrected chi connectivity index (χ1v) is 8.23. The molecule has 1 aliphatic rings. The number of benzene rings is 1. The van der Waals surface area contributed by atoms with Crippen LogP contribution in [-0.2, 0) is 6.42 Å². The van der Waals surface area contributed by atoms with Crippen molar-refractivity contribution < 1.29 is 9.50 Å². The summed E-state index contributed by atoms with van der Waals surface area (Å²) in [6.07, 6.45) is 6.35. The van der Waals surface area contributed by atoms with E-state index in [2.05, 4.69) is 10.3 Å². The summed E-state index contributed by atoms with van der Waals surface area (Å²) in [5.74, 6) is -0.239. The molecule has 5 heteroatoms. The highest BCUT2D eigenvalue weighted by atomic mass is 35.5. The first kappa shape index (κ1) is 16.2. The molecule has 122 valence electrons. The zero-order valence-corrected chi connectivity index (χ0v) is 13.6. The summed E-state index contributed by atoms with van der Waals surface area (Å²) in [4.78, 5) is 3.98. The summed E-state index contributed by atoms with van der Waals surface area (Å²) < 4.78 is 13.1. The van der Waals surface area contributed by atoms with E-state index in [0.29, 0.717) is 18.0 Å². The van der Waals surface area contributed by atoms with Crippen molar-refractivity contribution in [3.8, 4) is 0 Å². The van der Waals surface area contributed by atoms with Crippen LogP contribution in [0.2, 0.25) is 5.02 Å². The van der Waals surface area contributed by atoms with Gasteiger partial charge in [0, 0.05) is 24.4 Å². The van der Waals surface area contributed by atoms with E-state index in [1.165, 1.54) is 12.1 Å². The van der Waals surface area contributed by atoms with Gasteiger partial charge in [0.25, 0.3) is 0 Å². The normalized spacial score (nSPS) is 23.9. The molecule has 1 fully saturated rings. The van der Waals surface area contributed by atoms with Gasteiger partial charge in [0.05, 0.1) is 16.8 Å². The molecule has 1 heterocycles. The lowest BCUT2D eigenvalue weighted by molar-refractivity contribution is 0.0619. The lowest BCUT2D eigenvalue weighted by atomic mass is 9.78. The van der Waals surface area contributed by atoms with Crippen LogP contribution in [0.15, 0.2) is 42.7 Å². The number of aromatic nitrogens is 1.